The number of rotatable bonds is 4. The van der Waals surface area contributed by atoms with Gasteiger partial charge in [-0.2, -0.15) is 0 Å². The highest BCUT2D eigenvalue weighted by Gasteiger charge is 2.27. The number of nitrogens with zero attached hydrogens (tertiary/aromatic N) is 3. The highest BCUT2D eigenvalue weighted by Crippen LogP contribution is 2.29. The molecular weight excluding hydrogens is 216 g/mol. The molecule has 5 nitrogen and oxygen atoms in total. The predicted molar refractivity (Wildman–Crippen MR) is 66.9 cm³/mol. The number of aliphatic hydroxyl groups is 1. The van der Waals surface area contributed by atoms with E-state index in [1.807, 2.05) is 20.0 Å². The van der Waals surface area contributed by atoms with Gasteiger partial charge in [0.25, 0.3) is 0 Å². The largest absolute Gasteiger partial charge is 0.395 e. The van der Waals surface area contributed by atoms with Gasteiger partial charge in [-0.25, -0.2) is 9.97 Å². The van der Waals surface area contributed by atoms with E-state index in [1.54, 1.807) is 0 Å². The summed E-state index contributed by atoms with van der Waals surface area (Å²) < 4.78 is 0. The Labute approximate surface area is 102 Å². The lowest BCUT2D eigenvalue weighted by Gasteiger charge is -2.22. The highest BCUT2D eigenvalue weighted by atomic mass is 16.3. The van der Waals surface area contributed by atoms with Gasteiger partial charge in [0.1, 0.15) is 11.6 Å². The van der Waals surface area contributed by atoms with E-state index in [0.717, 1.165) is 36.7 Å². The van der Waals surface area contributed by atoms with Gasteiger partial charge in [-0.1, -0.05) is 0 Å². The van der Waals surface area contributed by atoms with Crippen LogP contribution in [0, 0.1) is 6.92 Å². The second-order valence-electron chi connectivity index (χ2n) is 4.42. The molecule has 1 unspecified atom stereocenters. The summed E-state index contributed by atoms with van der Waals surface area (Å²) in [5, 5.41) is 12.1. The van der Waals surface area contributed by atoms with Gasteiger partial charge >= 0.3 is 0 Å². The zero-order valence-electron chi connectivity index (χ0n) is 10.5. The number of aryl methyl sites for hydroxylation is 1. The third-order valence-corrected chi connectivity index (χ3v) is 3.18. The minimum Gasteiger partial charge on any atom is -0.395 e. The van der Waals surface area contributed by atoms with Crippen LogP contribution in [0.5, 0.6) is 0 Å². The van der Waals surface area contributed by atoms with Gasteiger partial charge in [0, 0.05) is 25.4 Å². The van der Waals surface area contributed by atoms with E-state index in [2.05, 4.69) is 20.2 Å². The summed E-state index contributed by atoms with van der Waals surface area (Å²) in [5.41, 5.74) is 0.982. The normalized spacial score (nSPS) is 20.8. The number of likely N-dealkylation sites (tertiary alicyclic amines) is 1. The van der Waals surface area contributed by atoms with Crippen LogP contribution in [0.4, 0.5) is 5.82 Å². The molecule has 2 N–H and O–H groups in total. The van der Waals surface area contributed by atoms with Gasteiger partial charge in [-0.3, -0.25) is 4.90 Å². The summed E-state index contributed by atoms with van der Waals surface area (Å²) in [6, 6.07) is 2.20. The Morgan fingerprint density at radius 2 is 2.35 bits per heavy atom. The van der Waals surface area contributed by atoms with E-state index in [-0.39, 0.29) is 12.6 Å². The fourth-order valence-corrected chi connectivity index (χ4v) is 2.38. The SMILES string of the molecule is CNc1cc(C)nc(C2CCCN2CCO)n1. The molecule has 1 atom stereocenters. The number of β-amino-alcohol motifs (C(OH)–C–C–N with tert-alkyl or cyclic N) is 1. The molecule has 0 amide bonds. The lowest BCUT2D eigenvalue weighted by molar-refractivity contribution is 0.181. The molecule has 0 spiro atoms. The summed E-state index contributed by atoms with van der Waals surface area (Å²) in [5.74, 6) is 1.74. The van der Waals surface area contributed by atoms with Crippen LogP contribution in [0.3, 0.4) is 0 Å². The quantitative estimate of drug-likeness (QED) is 0.815. The molecule has 0 bridgehead atoms. The molecule has 2 heterocycles. The van der Waals surface area contributed by atoms with Gasteiger partial charge < -0.3 is 10.4 Å². The summed E-state index contributed by atoms with van der Waals surface area (Å²) in [6.07, 6.45) is 2.23. The molecule has 5 heteroatoms. The first-order valence-corrected chi connectivity index (χ1v) is 6.13. The van der Waals surface area contributed by atoms with E-state index in [1.165, 1.54) is 0 Å². The summed E-state index contributed by atoms with van der Waals surface area (Å²) in [4.78, 5) is 11.3. The molecule has 1 aliphatic heterocycles. The summed E-state index contributed by atoms with van der Waals surface area (Å²) >= 11 is 0. The van der Waals surface area contributed by atoms with Gasteiger partial charge in [-0.15, -0.1) is 0 Å². The molecule has 1 aliphatic rings. The average Bonchev–Trinajstić information content (AvgIpc) is 2.77. The van der Waals surface area contributed by atoms with Gasteiger partial charge in [-0.05, 0) is 26.3 Å². The van der Waals surface area contributed by atoms with Crippen molar-refractivity contribution in [3.63, 3.8) is 0 Å². The van der Waals surface area contributed by atoms with Crippen LogP contribution in [0.15, 0.2) is 6.07 Å². The van der Waals surface area contributed by atoms with Crippen molar-refractivity contribution in [1.29, 1.82) is 0 Å². The standard InChI is InChI=1S/C12H20N4O/c1-9-8-11(13-2)15-12(14-9)10-4-3-5-16(10)6-7-17/h8,10,17H,3-7H2,1-2H3,(H,13,14,15). The first-order chi connectivity index (χ1) is 8.24. The molecule has 0 radical (unpaired) electrons. The number of aromatic nitrogens is 2. The van der Waals surface area contributed by atoms with Crippen LogP contribution >= 0.6 is 0 Å². The topological polar surface area (TPSA) is 61.3 Å². The third-order valence-electron chi connectivity index (χ3n) is 3.18. The van der Waals surface area contributed by atoms with Crippen molar-refractivity contribution in [3.05, 3.63) is 17.6 Å². The Bertz CT molecular complexity index is 383. The van der Waals surface area contributed by atoms with Gasteiger partial charge in [0.15, 0.2) is 0 Å². The second-order valence-corrected chi connectivity index (χ2v) is 4.42. The maximum Gasteiger partial charge on any atom is 0.148 e. The van der Waals surface area contributed by atoms with Crippen LogP contribution in [0.25, 0.3) is 0 Å². The molecule has 1 aromatic rings. The van der Waals surface area contributed by atoms with Crippen molar-refractivity contribution in [3.8, 4) is 0 Å². The molecule has 1 fully saturated rings. The Morgan fingerprint density at radius 3 is 3.06 bits per heavy atom. The zero-order valence-corrected chi connectivity index (χ0v) is 10.5. The predicted octanol–water partition coefficient (Wildman–Crippen LogP) is 0.956. The lowest BCUT2D eigenvalue weighted by Crippen LogP contribution is -2.27. The van der Waals surface area contributed by atoms with Crippen LogP contribution in [0.2, 0.25) is 0 Å². The van der Waals surface area contributed by atoms with Gasteiger partial charge in [0.05, 0.1) is 12.6 Å². The van der Waals surface area contributed by atoms with Crippen molar-refractivity contribution in [2.75, 3.05) is 32.1 Å². The lowest BCUT2D eigenvalue weighted by atomic mass is 10.2. The van der Waals surface area contributed by atoms with Crippen LogP contribution < -0.4 is 5.32 Å². The molecule has 0 saturated carbocycles. The maximum atomic E-state index is 9.05. The number of anilines is 1. The fourth-order valence-electron chi connectivity index (χ4n) is 2.38. The molecule has 1 saturated heterocycles. The van der Waals surface area contributed by atoms with E-state index >= 15 is 0 Å². The first-order valence-electron chi connectivity index (χ1n) is 6.13. The molecule has 0 aromatic carbocycles. The van der Waals surface area contributed by atoms with Gasteiger partial charge in [0.2, 0.25) is 0 Å². The van der Waals surface area contributed by atoms with Crippen LogP contribution in [-0.4, -0.2) is 46.7 Å². The van der Waals surface area contributed by atoms with Crippen molar-refractivity contribution in [2.24, 2.45) is 0 Å². The monoisotopic (exact) mass is 236 g/mol. The van der Waals surface area contributed by atoms with Crippen LogP contribution in [-0.2, 0) is 0 Å². The van der Waals surface area contributed by atoms with Crippen molar-refractivity contribution in [2.45, 2.75) is 25.8 Å². The van der Waals surface area contributed by atoms with E-state index in [4.69, 9.17) is 5.11 Å². The Kier molecular flexibility index (Phi) is 3.91. The summed E-state index contributed by atoms with van der Waals surface area (Å²) in [6.45, 7) is 3.91. The van der Waals surface area contributed by atoms with E-state index in [9.17, 15) is 0 Å². The molecule has 94 valence electrons. The van der Waals surface area contributed by atoms with Crippen molar-refractivity contribution in [1.82, 2.24) is 14.9 Å². The maximum absolute atomic E-state index is 9.05. The third kappa shape index (κ3) is 2.73. The zero-order chi connectivity index (χ0) is 12.3. The Hall–Kier alpha value is -1.20. The number of hydrogen-bond donors (Lipinski definition) is 2. The highest BCUT2D eigenvalue weighted by molar-refractivity contribution is 5.35. The molecule has 2 rings (SSSR count). The smallest absolute Gasteiger partial charge is 0.148 e. The fraction of sp³-hybridized carbons (Fsp3) is 0.667. The first kappa shape index (κ1) is 12.3. The molecule has 1 aromatic heterocycles. The Balaban J connectivity index is 2.23. The Morgan fingerprint density at radius 1 is 1.53 bits per heavy atom. The average molecular weight is 236 g/mol. The minimum atomic E-state index is 0.196. The van der Waals surface area contributed by atoms with Crippen molar-refractivity contribution < 1.29 is 5.11 Å². The number of nitrogens with one attached hydrogen (secondary N) is 1. The molecule has 17 heavy (non-hydrogen) atoms. The minimum absolute atomic E-state index is 0.196. The number of hydrogen-bond acceptors (Lipinski definition) is 5. The van der Waals surface area contributed by atoms with E-state index < -0.39 is 0 Å². The number of aliphatic hydroxyl groups excluding tert-OH is 1. The van der Waals surface area contributed by atoms with E-state index in [0.29, 0.717) is 6.54 Å². The molecule has 0 aliphatic carbocycles. The second kappa shape index (κ2) is 5.42. The van der Waals surface area contributed by atoms with Crippen molar-refractivity contribution >= 4 is 5.82 Å². The summed E-state index contributed by atoms with van der Waals surface area (Å²) in [7, 11) is 1.87. The molecular formula is C12H20N4O. The van der Waals surface area contributed by atoms with Crippen LogP contribution in [0.1, 0.15) is 30.4 Å².